The Hall–Kier alpha value is -1.49. The van der Waals surface area contributed by atoms with E-state index in [1.807, 2.05) is 36.8 Å². The van der Waals surface area contributed by atoms with Crippen molar-refractivity contribution in [2.45, 2.75) is 6.42 Å². The largest absolute Gasteiger partial charge is 0.192 e. The molecule has 3 heteroatoms. The van der Waals surface area contributed by atoms with Gasteiger partial charge in [-0.05, 0) is 48.2 Å². The lowest BCUT2D eigenvalue weighted by Crippen LogP contribution is -1.91. The number of hydrogen-bond acceptors (Lipinski definition) is 1. The van der Waals surface area contributed by atoms with Gasteiger partial charge in [0.15, 0.2) is 0 Å². The smallest absolute Gasteiger partial charge is 0.0991 e. The molecule has 0 atom stereocenters. The average molecular weight is 275 g/mol. The van der Waals surface area contributed by atoms with E-state index in [9.17, 15) is 0 Å². The van der Waals surface area contributed by atoms with Crippen LogP contribution >= 0.6 is 23.2 Å². The van der Waals surface area contributed by atoms with Gasteiger partial charge in [0.2, 0.25) is 0 Å². The van der Waals surface area contributed by atoms with Gasteiger partial charge in [0.1, 0.15) is 0 Å². The lowest BCUT2D eigenvalue weighted by Gasteiger charge is -2.06. The minimum absolute atomic E-state index is 0.655. The van der Waals surface area contributed by atoms with Gasteiger partial charge in [-0.2, -0.15) is 5.26 Å². The van der Waals surface area contributed by atoms with Crippen LogP contribution in [0.15, 0.2) is 42.5 Å². The molecule has 89 valence electrons. The van der Waals surface area contributed by atoms with Crippen molar-refractivity contribution in [1.29, 1.82) is 5.26 Å². The molecular formula is C15H10Cl2N. The third kappa shape index (κ3) is 3.04. The summed E-state index contributed by atoms with van der Waals surface area (Å²) < 4.78 is 0. The summed E-state index contributed by atoms with van der Waals surface area (Å²) in [5.41, 5.74) is 2.62. The maximum absolute atomic E-state index is 8.71. The normalized spacial score (nSPS) is 10.1. The molecule has 2 aromatic rings. The van der Waals surface area contributed by atoms with Crippen molar-refractivity contribution in [3.8, 4) is 6.07 Å². The van der Waals surface area contributed by atoms with Crippen LogP contribution in [0, 0.1) is 17.8 Å². The Morgan fingerprint density at radius 2 is 1.61 bits per heavy atom. The first-order valence-corrected chi connectivity index (χ1v) is 6.22. The van der Waals surface area contributed by atoms with E-state index in [-0.39, 0.29) is 0 Å². The van der Waals surface area contributed by atoms with Gasteiger partial charge in [0, 0.05) is 10.0 Å². The fraction of sp³-hybridized carbons (Fsp3) is 0.0667. The van der Waals surface area contributed by atoms with E-state index in [1.54, 1.807) is 12.1 Å². The van der Waals surface area contributed by atoms with Gasteiger partial charge in [0.05, 0.1) is 11.6 Å². The molecule has 0 spiro atoms. The highest BCUT2D eigenvalue weighted by molar-refractivity contribution is 6.36. The standard InChI is InChI=1S/C15H10Cl2N/c16-14-2-1-3-15(17)13(14)9-8-11-4-6-12(10-18)7-5-11/h1-8H,9H2. The highest BCUT2D eigenvalue weighted by Gasteiger charge is 2.05. The summed E-state index contributed by atoms with van der Waals surface area (Å²) in [6, 6.07) is 15.0. The minimum atomic E-state index is 0.655. The third-order valence-corrected chi connectivity index (χ3v) is 3.35. The van der Waals surface area contributed by atoms with Gasteiger partial charge in [-0.25, -0.2) is 0 Å². The monoisotopic (exact) mass is 274 g/mol. The SMILES string of the molecule is N#Cc1ccc([CH]Cc2c(Cl)cccc2Cl)cc1. The number of rotatable bonds is 3. The van der Waals surface area contributed by atoms with Crippen LogP contribution < -0.4 is 0 Å². The first kappa shape index (κ1) is 13.0. The Morgan fingerprint density at radius 1 is 1.00 bits per heavy atom. The Kier molecular flexibility index (Phi) is 4.25. The molecule has 0 aromatic heterocycles. The van der Waals surface area contributed by atoms with Crippen molar-refractivity contribution < 1.29 is 0 Å². The number of nitrogens with zero attached hydrogens (tertiary/aromatic N) is 1. The molecule has 0 aliphatic carbocycles. The van der Waals surface area contributed by atoms with Crippen LogP contribution in [-0.2, 0) is 6.42 Å². The van der Waals surface area contributed by atoms with Crippen LogP contribution in [0.3, 0.4) is 0 Å². The van der Waals surface area contributed by atoms with E-state index in [0.717, 1.165) is 11.1 Å². The first-order valence-electron chi connectivity index (χ1n) is 5.47. The van der Waals surface area contributed by atoms with Gasteiger partial charge < -0.3 is 0 Å². The first-order chi connectivity index (χ1) is 8.70. The average Bonchev–Trinajstić information content (AvgIpc) is 2.39. The van der Waals surface area contributed by atoms with Crippen LogP contribution in [0.5, 0.6) is 0 Å². The van der Waals surface area contributed by atoms with Crippen molar-refractivity contribution in [2.24, 2.45) is 0 Å². The molecule has 2 rings (SSSR count). The quantitative estimate of drug-likeness (QED) is 0.799. The zero-order valence-electron chi connectivity index (χ0n) is 9.53. The molecular weight excluding hydrogens is 265 g/mol. The summed E-state index contributed by atoms with van der Waals surface area (Å²) in [5, 5.41) is 10.1. The molecule has 1 nitrogen and oxygen atoms in total. The summed E-state index contributed by atoms with van der Waals surface area (Å²) in [6.45, 7) is 0. The van der Waals surface area contributed by atoms with Crippen molar-refractivity contribution in [1.82, 2.24) is 0 Å². The van der Waals surface area contributed by atoms with E-state index in [4.69, 9.17) is 28.5 Å². The van der Waals surface area contributed by atoms with Crippen LogP contribution in [0.25, 0.3) is 0 Å². The second-order valence-corrected chi connectivity index (χ2v) is 4.66. The number of halogens is 2. The molecule has 0 amide bonds. The number of hydrogen-bond donors (Lipinski definition) is 0. The van der Waals surface area contributed by atoms with Crippen molar-refractivity contribution in [3.63, 3.8) is 0 Å². The highest BCUT2D eigenvalue weighted by atomic mass is 35.5. The molecule has 0 bridgehead atoms. The van der Waals surface area contributed by atoms with Gasteiger partial charge in [-0.1, -0.05) is 41.4 Å². The van der Waals surface area contributed by atoms with Crippen molar-refractivity contribution in [3.05, 3.63) is 75.6 Å². The summed E-state index contributed by atoms with van der Waals surface area (Å²) in [5.74, 6) is 0. The molecule has 0 fully saturated rings. The van der Waals surface area contributed by atoms with Crippen LogP contribution in [0.2, 0.25) is 10.0 Å². The van der Waals surface area contributed by atoms with Crippen LogP contribution in [0.4, 0.5) is 0 Å². The molecule has 0 aliphatic rings. The van der Waals surface area contributed by atoms with E-state index in [2.05, 4.69) is 6.07 Å². The zero-order valence-corrected chi connectivity index (χ0v) is 11.0. The van der Waals surface area contributed by atoms with E-state index in [1.165, 1.54) is 0 Å². The Balaban J connectivity index is 2.09. The summed E-state index contributed by atoms with van der Waals surface area (Å²) >= 11 is 12.2. The lowest BCUT2D eigenvalue weighted by atomic mass is 10.0. The summed E-state index contributed by atoms with van der Waals surface area (Å²) in [7, 11) is 0. The molecule has 0 N–H and O–H groups in total. The molecule has 0 heterocycles. The Morgan fingerprint density at radius 3 is 2.17 bits per heavy atom. The third-order valence-electron chi connectivity index (χ3n) is 2.64. The number of nitriles is 1. The molecule has 0 aliphatic heterocycles. The van der Waals surface area contributed by atoms with Gasteiger partial charge in [-0.3, -0.25) is 0 Å². The van der Waals surface area contributed by atoms with Gasteiger partial charge in [0.25, 0.3) is 0 Å². The van der Waals surface area contributed by atoms with Gasteiger partial charge in [-0.15, -0.1) is 0 Å². The number of benzene rings is 2. The van der Waals surface area contributed by atoms with Gasteiger partial charge >= 0.3 is 0 Å². The van der Waals surface area contributed by atoms with Crippen molar-refractivity contribution >= 4 is 23.2 Å². The highest BCUT2D eigenvalue weighted by Crippen LogP contribution is 2.26. The molecule has 0 unspecified atom stereocenters. The van der Waals surface area contributed by atoms with Crippen molar-refractivity contribution in [2.75, 3.05) is 0 Å². The van der Waals surface area contributed by atoms with E-state index >= 15 is 0 Å². The fourth-order valence-corrected chi connectivity index (χ4v) is 2.19. The topological polar surface area (TPSA) is 23.8 Å². The van der Waals surface area contributed by atoms with Crippen LogP contribution in [-0.4, -0.2) is 0 Å². The Bertz CT molecular complexity index is 562. The van der Waals surface area contributed by atoms with Crippen LogP contribution in [0.1, 0.15) is 16.7 Å². The van der Waals surface area contributed by atoms with E-state index < -0.39 is 0 Å². The molecule has 0 saturated carbocycles. The Labute approximate surface area is 117 Å². The second kappa shape index (κ2) is 5.91. The maximum atomic E-state index is 8.71. The molecule has 1 radical (unpaired) electrons. The fourth-order valence-electron chi connectivity index (χ4n) is 1.64. The maximum Gasteiger partial charge on any atom is 0.0991 e. The van der Waals surface area contributed by atoms with E-state index in [0.29, 0.717) is 22.0 Å². The summed E-state index contributed by atoms with van der Waals surface area (Å²) in [4.78, 5) is 0. The summed E-state index contributed by atoms with van der Waals surface area (Å²) in [6.07, 6.45) is 2.71. The molecule has 0 saturated heterocycles. The minimum Gasteiger partial charge on any atom is -0.192 e. The predicted octanol–water partition coefficient (Wildman–Crippen LogP) is 4.66. The second-order valence-electron chi connectivity index (χ2n) is 3.84. The zero-order chi connectivity index (χ0) is 13.0. The molecule has 2 aromatic carbocycles. The predicted molar refractivity (Wildman–Crippen MR) is 74.7 cm³/mol. The molecule has 18 heavy (non-hydrogen) atoms. The lowest BCUT2D eigenvalue weighted by molar-refractivity contribution is 1.17.